The van der Waals surface area contributed by atoms with E-state index in [1.165, 1.54) is 0 Å². The summed E-state index contributed by atoms with van der Waals surface area (Å²) in [5, 5.41) is 14.8. The van der Waals surface area contributed by atoms with E-state index >= 15 is 0 Å². The lowest BCUT2D eigenvalue weighted by molar-refractivity contribution is -0.142. The molecular weight excluding hydrogens is 542 g/mol. The van der Waals surface area contributed by atoms with Gasteiger partial charge in [0.15, 0.2) is 0 Å². The first-order valence-electron chi connectivity index (χ1n) is 14.4. The van der Waals surface area contributed by atoms with Crippen molar-refractivity contribution in [3.05, 3.63) is 59.7 Å². The number of ether oxygens (including phenoxy) is 2. The van der Waals surface area contributed by atoms with Crippen LogP contribution >= 0.6 is 0 Å². The number of carboxylic acid groups (broad SMARTS) is 1. The van der Waals surface area contributed by atoms with Crippen molar-refractivity contribution in [2.45, 2.75) is 44.1 Å². The van der Waals surface area contributed by atoms with Crippen LogP contribution in [0.15, 0.2) is 42.9 Å². The fourth-order valence-electron chi connectivity index (χ4n) is 5.57. The van der Waals surface area contributed by atoms with Crippen LogP contribution in [-0.2, 0) is 23.9 Å². The predicted octanol–water partition coefficient (Wildman–Crippen LogP) is 1.93. The number of rotatable bonds is 14. The van der Waals surface area contributed by atoms with Crippen LogP contribution < -0.4 is 10.6 Å². The van der Waals surface area contributed by atoms with Gasteiger partial charge in [0, 0.05) is 56.8 Å². The van der Waals surface area contributed by atoms with Gasteiger partial charge in [-0.2, -0.15) is 0 Å². The Hall–Kier alpha value is -3.90. The standard InChI is InChI=1S/C30H39N5O7/c1-35-26(36)17-24(27(35)22-3-2-10-31-18-22)29(38)33-12-14-42-16-15-41-13-11-32-28(37)23-8-9-25(34-19-23)20-4-6-21(7-5-20)30(39)40/h2-3,8-10,18-21,24,27H,4-7,11-17H2,1H3,(H,32,37)(H,33,38)(H,39,40)/t20-,21-,24-,27+/m0/s1. The molecule has 0 bridgehead atoms. The van der Waals surface area contributed by atoms with Crippen LogP contribution in [0, 0.1) is 11.8 Å². The first-order chi connectivity index (χ1) is 20.3. The molecule has 2 fully saturated rings. The molecule has 3 heterocycles. The van der Waals surface area contributed by atoms with Gasteiger partial charge >= 0.3 is 5.97 Å². The molecule has 1 aliphatic carbocycles. The average molecular weight is 582 g/mol. The Kier molecular flexibility index (Phi) is 11.4. The molecule has 2 aromatic heterocycles. The molecule has 12 nitrogen and oxygen atoms in total. The number of nitrogens with zero attached hydrogens (tertiary/aromatic N) is 3. The van der Waals surface area contributed by atoms with E-state index < -0.39 is 11.9 Å². The molecule has 42 heavy (non-hydrogen) atoms. The van der Waals surface area contributed by atoms with E-state index in [1.54, 1.807) is 42.7 Å². The van der Waals surface area contributed by atoms with E-state index in [2.05, 4.69) is 20.6 Å². The third-order valence-corrected chi connectivity index (χ3v) is 7.94. The van der Waals surface area contributed by atoms with Crippen molar-refractivity contribution in [1.29, 1.82) is 0 Å². The zero-order chi connectivity index (χ0) is 29.9. The molecular formula is C30H39N5O7. The molecule has 1 saturated carbocycles. The fourth-order valence-corrected chi connectivity index (χ4v) is 5.57. The smallest absolute Gasteiger partial charge is 0.306 e. The highest BCUT2D eigenvalue weighted by Gasteiger charge is 2.42. The number of carbonyl (C=O) groups is 4. The number of aliphatic carboxylic acids is 1. The highest BCUT2D eigenvalue weighted by atomic mass is 16.5. The summed E-state index contributed by atoms with van der Waals surface area (Å²) >= 11 is 0. The number of pyridine rings is 2. The van der Waals surface area contributed by atoms with E-state index in [1.807, 2.05) is 12.1 Å². The number of carboxylic acids is 1. The summed E-state index contributed by atoms with van der Waals surface area (Å²) < 4.78 is 11.0. The van der Waals surface area contributed by atoms with E-state index in [0.29, 0.717) is 57.9 Å². The van der Waals surface area contributed by atoms with Gasteiger partial charge in [0.1, 0.15) is 0 Å². The zero-order valence-corrected chi connectivity index (χ0v) is 23.9. The molecule has 1 aliphatic heterocycles. The van der Waals surface area contributed by atoms with Crippen LogP contribution in [0.5, 0.6) is 0 Å². The van der Waals surface area contributed by atoms with Crippen LogP contribution in [0.3, 0.4) is 0 Å². The maximum absolute atomic E-state index is 12.8. The second-order valence-electron chi connectivity index (χ2n) is 10.7. The minimum atomic E-state index is -0.727. The first kappa shape index (κ1) is 31.0. The highest BCUT2D eigenvalue weighted by molar-refractivity contribution is 5.93. The third-order valence-electron chi connectivity index (χ3n) is 7.94. The lowest BCUT2D eigenvalue weighted by Gasteiger charge is -2.25. The Morgan fingerprint density at radius 2 is 1.69 bits per heavy atom. The Bertz CT molecular complexity index is 1200. The summed E-state index contributed by atoms with van der Waals surface area (Å²) in [5.41, 5.74) is 2.19. The number of aromatic nitrogens is 2. The van der Waals surface area contributed by atoms with Gasteiger partial charge < -0.3 is 30.1 Å². The van der Waals surface area contributed by atoms with Crippen LogP contribution in [0.25, 0.3) is 0 Å². The molecule has 3 N–H and O–H groups in total. The minimum Gasteiger partial charge on any atom is -0.481 e. The Morgan fingerprint density at radius 3 is 2.31 bits per heavy atom. The zero-order valence-electron chi connectivity index (χ0n) is 23.9. The predicted molar refractivity (Wildman–Crippen MR) is 151 cm³/mol. The molecule has 3 amide bonds. The van der Waals surface area contributed by atoms with E-state index in [0.717, 1.165) is 24.1 Å². The van der Waals surface area contributed by atoms with Gasteiger partial charge in [-0.25, -0.2) is 0 Å². The van der Waals surface area contributed by atoms with Gasteiger partial charge in [-0.05, 0) is 49.4 Å². The normalized spacial score (nSPS) is 22.1. The second kappa shape index (κ2) is 15.4. The van der Waals surface area contributed by atoms with Crippen molar-refractivity contribution in [1.82, 2.24) is 25.5 Å². The van der Waals surface area contributed by atoms with E-state index in [9.17, 15) is 19.2 Å². The maximum atomic E-state index is 12.8. The van der Waals surface area contributed by atoms with Gasteiger partial charge in [-0.3, -0.25) is 29.1 Å². The van der Waals surface area contributed by atoms with Crippen LogP contribution in [0.2, 0.25) is 0 Å². The highest BCUT2D eigenvalue weighted by Crippen LogP contribution is 2.37. The molecule has 0 unspecified atom stereocenters. The van der Waals surface area contributed by atoms with Crippen molar-refractivity contribution in [3.8, 4) is 0 Å². The van der Waals surface area contributed by atoms with E-state index in [-0.39, 0.29) is 42.0 Å². The van der Waals surface area contributed by atoms with Crippen molar-refractivity contribution >= 4 is 23.7 Å². The average Bonchev–Trinajstić information content (AvgIpc) is 3.32. The lowest BCUT2D eigenvalue weighted by Crippen LogP contribution is -2.36. The number of nitrogens with one attached hydrogen (secondary N) is 2. The fraction of sp³-hybridized carbons (Fsp3) is 0.533. The summed E-state index contributed by atoms with van der Waals surface area (Å²) in [6.07, 6.45) is 7.95. The summed E-state index contributed by atoms with van der Waals surface area (Å²) in [5.74, 6) is -1.74. The SMILES string of the molecule is CN1C(=O)C[C@H](C(=O)NCCOCCOCCNC(=O)c2ccc([C@H]3CC[C@H](C(=O)O)CC3)nc2)[C@H]1c1cccnc1. The van der Waals surface area contributed by atoms with Crippen molar-refractivity contribution in [2.75, 3.05) is 46.6 Å². The largest absolute Gasteiger partial charge is 0.481 e. The Balaban J connectivity index is 1.04. The maximum Gasteiger partial charge on any atom is 0.306 e. The topological polar surface area (TPSA) is 160 Å². The van der Waals surface area contributed by atoms with Crippen LogP contribution in [0.1, 0.15) is 65.7 Å². The van der Waals surface area contributed by atoms with Crippen molar-refractivity contribution in [3.63, 3.8) is 0 Å². The number of hydrogen-bond donors (Lipinski definition) is 3. The third kappa shape index (κ3) is 8.32. The molecule has 2 atom stereocenters. The van der Waals surface area contributed by atoms with Crippen molar-refractivity contribution in [2.24, 2.45) is 11.8 Å². The molecule has 12 heteroatoms. The molecule has 226 valence electrons. The van der Waals surface area contributed by atoms with Gasteiger partial charge in [0.05, 0.1) is 49.9 Å². The lowest BCUT2D eigenvalue weighted by atomic mass is 9.80. The Labute approximate surface area is 245 Å². The number of likely N-dealkylation sites (tertiary alicyclic amines) is 1. The number of carbonyl (C=O) groups excluding carboxylic acids is 3. The first-order valence-corrected chi connectivity index (χ1v) is 14.4. The van der Waals surface area contributed by atoms with Gasteiger partial charge in [0.25, 0.3) is 5.91 Å². The van der Waals surface area contributed by atoms with Crippen LogP contribution in [-0.4, -0.2) is 90.2 Å². The molecule has 0 radical (unpaired) electrons. The van der Waals surface area contributed by atoms with E-state index in [4.69, 9.17) is 14.6 Å². The van der Waals surface area contributed by atoms with Crippen molar-refractivity contribution < 1.29 is 33.8 Å². The molecule has 1 saturated heterocycles. The summed E-state index contributed by atoms with van der Waals surface area (Å²) in [6, 6.07) is 6.92. The number of hydrogen-bond acceptors (Lipinski definition) is 8. The molecule has 0 aromatic carbocycles. The van der Waals surface area contributed by atoms with Gasteiger partial charge in [-0.15, -0.1) is 0 Å². The van der Waals surface area contributed by atoms with Gasteiger partial charge in [-0.1, -0.05) is 6.07 Å². The number of amides is 3. The second-order valence-corrected chi connectivity index (χ2v) is 10.7. The summed E-state index contributed by atoms with van der Waals surface area (Å²) in [6.45, 7) is 1.97. The monoisotopic (exact) mass is 581 g/mol. The quantitative estimate of drug-likeness (QED) is 0.283. The molecule has 4 rings (SSSR count). The summed E-state index contributed by atoms with van der Waals surface area (Å²) in [4.78, 5) is 58.7. The van der Waals surface area contributed by atoms with Crippen LogP contribution in [0.4, 0.5) is 0 Å². The van der Waals surface area contributed by atoms with Gasteiger partial charge in [0.2, 0.25) is 11.8 Å². The Morgan fingerprint density at radius 1 is 0.976 bits per heavy atom. The summed E-state index contributed by atoms with van der Waals surface area (Å²) in [7, 11) is 1.70. The minimum absolute atomic E-state index is 0.0727. The molecule has 2 aliphatic rings. The molecule has 0 spiro atoms. The molecule has 2 aromatic rings.